The van der Waals surface area contributed by atoms with Gasteiger partial charge in [0.15, 0.2) is 0 Å². The van der Waals surface area contributed by atoms with E-state index in [2.05, 4.69) is 4.74 Å². The highest BCUT2D eigenvalue weighted by molar-refractivity contribution is 8.00. The molecule has 0 heterocycles. The molecule has 0 spiro atoms. The molecule has 1 aliphatic carbocycles. The van der Waals surface area contributed by atoms with Gasteiger partial charge >= 0.3 is 11.9 Å². The lowest BCUT2D eigenvalue weighted by Gasteiger charge is -2.26. The van der Waals surface area contributed by atoms with Crippen LogP contribution in [0.3, 0.4) is 0 Å². The van der Waals surface area contributed by atoms with Gasteiger partial charge in [0.1, 0.15) is 5.82 Å². The number of rotatable bonds is 11. The van der Waals surface area contributed by atoms with Gasteiger partial charge in [0, 0.05) is 22.5 Å². The summed E-state index contributed by atoms with van der Waals surface area (Å²) in [6.45, 7) is 3.85. The van der Waals surface area contributed by atoms with E-state index < -0.39 is 29.6 Å². The average Bonchev–Trinajstić information content (AvgIpc) is 2.86. The van der Waals surface area contributed by atoms with Gasteiger partial charge in [-0.3, -0.25) is 14.4 Å². The molecule has 0 N–H and O–H groups in total. The first-order chi connectivity index (χ1) is 16.7. The summed E-state index contributed by atoms with van der Waals surface area (Å²) in [6.07, 6.45) is 4.56. The monoisotopic (exact) mass is 527 g/mol. The lowest BCUT2D eigenvalue weighted by Crippen LogP contribution is -2.39. The fraction of sp³-hybridized carbons (Fsp3) is 0.520. The molecule has 0 radical (unpaired) electrons. The molecule has 2 rings (SSSR count). The summed E-state index contributed by atoms with van der Waals surface area (Å²) >= 11 is 7.13. The molecule has 35 heavy (non-hydrogen) atoms. The van der Waals surface area contributed by atoms with Crippen LogP contribution in [0, 0.1) is 5.82 Å². The Labute approximate surface area is 214 Å². The molecular weight excluding hydrogens is 497 g/mol. The van der Waals surface area contributed by atoms with Crippen LogP contribution in [0.15, 0.2) is 28.2 Å². The van der Waals surface area contributed by atoms with Gasteiger partial charge in [-0.05, 0) is 44.2 Å². The van der Waals surface area contributed by atoms with E-state index in [9.17, 15) is 19.2 Å². The first-order valence-corrected chi connectivity index (χ1v) is 13.1. The summed E-state index contributed by atoms with van der Waals surface area (Å²) in [4.78, 5) is 51.8. The van der Waals surface area contributed by atoms with E-state index in [1.807, 2.05) is 6.92 Å². The smallest absolute Gasteiger partial charge is 0.334 e. The Hall–Kier alpha value is -2.39. The fourth-order valence-electron chi connectivity index (χ4n) is 3.62. The highest BCUT2D eigenvalue weighted by atomic mass is 35.5. The fourth-order valence-corrected chi connectivity index (χ4v) is 4.71. The Kier molecular flexibility index (Phi) is 11.7. The second-order valence-electron chi connectivity index (χ2n) is 7.99. The number of carbonyl (C=O) groups excluding carboxylic acids is 4. The van der Waals surface area contributed by atoms with Crippen LogP contribution in [0.25, 0.3) is 0 Å². The van der Waals surface area contributed by atoms with Crippen molar-refractivity contribution in [3.8, 4) is 0 Å². The van der Waals surface area contributed by atoms with Crippen LogP contribution < -0.4 is 4.90 Å². The molecule has 0 saturated carbocycles. The van der Waals surface area contributed by atoms with E-state index >= 15 is 4.39 Å². The predicted molar refractivity (Wildman–Crippen MR) is 133 cm³/mol. The van der Waals surface area contributed by atoms with E-state index in [-0.39, 0.29) is 47.1 Å². The van der Waals surface area contributed by atoms with Gasteiger partial charge in [0.05, 0.1) is 30.2 Å². The number of imide groups is 1. The van der Waals surface area contributed by atoms with Gasteiger partial charge in [0.2, 0.25) is 5.91 Å². The first-order valence-electron chi connectivity index (χ1n) is 11.7. The molecule has 0 saturated heterocycles. The van der Waals surface area contributed by atoms with E-state index in [0.717, 1.165) is 42.0 Å². The van der Waals surface area contributed by atoms with Gasteiger partial charge in [-0.15, -0.1) is 11.8 Å². The number of methoxy groups -OCH3 is 1. The number of hydrogen-bond donors (Lipinski definition) is 0. The molecule has 0 aliphatic heterocycles. The summed E-state index contributed by atoms with van der Waals surface area (Å²) < 4.78 is 25.0. The SMILES string of the molecule is CCCCCOC(=O)C1=C(C(=O)N(C(=O)CC)c2cc(SCC(=O)OC)c(Cl)cc2F)CCCC1. The van der Waals surface area contributed by atoms with Crippen LogP contribution in [-0.2, 0) is 28.7 Å². The zero-order chi connectivity index (χ0) is 26.0. The third kappa shape index (κ3) is 7.80. The second kappa shape index (κ2) is 14.2. The minimum absolute atomic E-state index is 0.0322. The molecule has 192 valence electrons. The third-order valence-corrected chi connectivity index (χ3v) is 6.98. The number of carbonyl (C=O) groups is 4. The minimum atomic E-state index is -0.868. The molecule has 1 aromatic carbocycles. The Bertz CT molecular complexity index is 996. The second-order valence-corrected chi connectivity index (χ2v) is 9.42. The Morgan fingerprint density at radius 2 is 1.77 bits per heavy atom. The number of amides is 2. The molecule has 2 amide bonds. The maximum absolute atomic E-state index is 15.0. The summed E-state index contributed by atoms with van der Waals surface area (Å²) in [6, 6.07) is 2.26. The van der Waals surface area contributed by atoms with E-state index in [0.29, 0.717) is 24.2 Å². The Morgan fingerprint density at radius 1 is 1.09 bits per heavy atom. The van der Waals surface area contributed by atoms with Crippen LogP contribution in [-0.4, -0.2) is 43.2 Å². The normalized spacial score (nSPS) is 13.4. The van der Waals surface area contributed by atoms with Crippen LogP contribution in [0.1, 0.15) is 65.2 Å². The maximum Gasteiger partial charge on any atom is 0.334 e. The third-order valence-electron chi connectivity index (χ3n) is 5.52. The number of hydrogen-bond acceptors (Lipinski definition) is 7. The number of anilines is 1. The van der Waals surface area contributed by atoms with Crippen molar-refractivity contribution in [1.82, 2.24) is 0 Å². The van der Waals surface area contributed by atoms with Crippen LogP contribution >= 0.6 is 23.4 Å². The van der Waals surface area contributed by atoms with Crippen molar-refractivity contribution < 1.29 is 33.0 Å². The van der Waals surface area contributed by atoms with Crippen molar-refractivity contribution >= 4 is 52.8 Å². The Balaban J connectivity index is 2.45. The van der Waals surface area contributed by atoms with E-state index in [4.69, 9.17) is 16.3 Å². The largest absolute Gasteiger partial charge is 0.468 e. The van der Waals surface area contributed by atoms with Crippen molar-refractivity contribution in [2.24, 2.45) is 0 Å². The van der Waals surface area contributed by atoms with Gasteiger partial charge < -0.3 is 9.47 Å². The van der Waals surface area contributed by atoms with Crippen molar-refractivity contribution in [3.05, 3.63) is 34.1 Å². The number of thioether (sulfide) groups is 1. The predicted octanol–water partition coefficient (Wildman–Crippen LogP) is 5.62. The number of esters is 2. The minimum Gasteiger partial charge on any atom is -0.468 e. The maximum atomic E-state index is 15.0. The van der Waals surface area contributed by atoms with Gasteiger partial charge in [-0.2, -0.15) is 0 Å². The van der Waals surface area contributed by atoms with Crippen molar-refractivity contribution in [3.63, 3.8) is 0 Å². The number of halogens is 2. The molecule has 0 fully saturated rings. The lowest BCUT2D eigenvalue weighted by atomic mass is 9.90. The van der Waals surface area contributed by atoms with Crippen molar-refractivity contribution in [2.75, 3.05) is 24.4 Å². The molecule has 0 bridgehead atoms. The summed E-state index contributed by atoms with van der Waals surface area (Å²) in [7, 11) is 1.24. The Morgan fingerprint density at radius 3 is 2.40 bits per heavy atom. The average molecular weight is 528 g/mol. The van der Waals surface area contributed by atoms with Crippen molar-refractivity contribution in [1.29, 1.82) is 0 Å². The molecule has 7 nitrogen and oxygen atoms in total. The van der Waals surface area contributed by atoms with Gasteiger partial charge in [0.25, 0.3) is 5.91 Å². The number of benzene rings is 1. The number of nitrogens with zero attached hydrogens (tertiary/aromatic N) is 1. The van der Waals surface area contributed by atoms with Crippen molar-refractivity contribution in [2.45, 2.75) is 70.1 Å². The van der Waals surface area contributed by atoms with Gasteiger partial charge in [-0.25, -0.2) is 14.1 Å². The van der Waals surface area contributed by atoms with Crippen LogP contribution in [0.2, 0.25) is 5.02 Å². The first kappa shape index (κ1) is 28.8. The quantitative estimate of drug-likeness (QED) is 0.209. The summed E-state index contributed by atoms with van der Waals surface area (Å²) in [5, 5.41) is 0.0322. The van der Waals surface area contributed by atoms with Gasteiger partial charge in [-0.1, -0.05) is 38.3 Å². The topological polar surface area (TPSA) is 90.0 Å². The highest BCUT2D eigenvalue weighted by Gasteiger charge is 2.33. The number of unbranched alkanes of at least 4 members (excludes halogenated alkanes) is 2. The lowest BCUT2D eigenvalue weighted by molar-refractivity contribution is -0.140. The summed E-state index contributed by atoms with van der Waals surface area (Å²) in [5.41, 5.74) is 0.116. The molecule has 1 aromatic rings. The van der Waals surface area contributed by atoms with Crippen LogP contribution in [0.5, 0.6) is 0 Å². The molecule has 1 aliphatic rings. The molecule has 0 atom stereocenters. The standard InChI is InChI=1S/C25H31ClFNO6S/c1-4-6-9-12-34-25(32)17-11-8-7-10-16(17)24(31)28(22(29)5-2)20-14-21(18(26)13-19(20)27)35-15-23(30)33-3/h13-14H,4-12,15H2,1-3H3. The van der Waals surface area contributed by atoms with E-state index in [1.165, 1.54) is 13.2 Å². The molecule has 0 unspecified atom stereocenters. The zero-order valence-corrected chi connectivity index (χ0v) is 21.9. The highest BCUT2D eigenvalue weighted by Crippen LogP contribution is 2.36. The summed E-state index contributed by atoms with van der Waals surface area (Å²) in [5.74, 6) is -3.41. The zero-order valence-electron chi connectivity index (χ0n) is 20.3. The molecular formula is C25H31ClFNO6S. The molecule has 10 heteroatoms. The van der Waals surface area contributed by atoms with Crippen LogP contribution in [0.4, 0.5) is 10.1 Å². The van der Waals surface area contributed by atoms with E-state index in [1.54, 1.807) is 6.92 Å². The number of ether oxygens (including phenoxy) is 2. The molecule has 0 aromatic heterocycles.